The van der Waals surface area contributed by atoms with E-state index in [9.17, 15) is 0 Å². The highest BCUT2D eigenvalue weighted by atomic mass is 15.0. The molecule has 1 N–H and O–H groups in total. The quantitative estimate of drug-likeness (QED) is 0.761. The molecule has 1 aliphatic rings. The maximum Gasteiger partial charge on any atom is 0.0450 e. The third-order valence-corrected chi connectivity index (χ3v) is 2.41. The lowest BCUT2D eigenvalue weighted by Gasteiger charge is -2.06. The van der Waals surface area contributed by atoms with E-state index in [4.69, 9.17) is 0 Å². The van der Waals surface area contributed by atoms with Gasteiger partial charge in [0, 0.05) is 29.9 Å². The van der Waals surface area contributed by atoms with Crippen LogP contribution in [0, 0.1) is 0 Å². The van der Waals surface area contributed by atoms with E-state index >= 15 is 0 Å². The van der Waals surface area contributed by atoms with Gasteiger partial charge in [-0.15, -0.1) is 0 Å². The first-order valence-corrected chi connectivity index (χ1v) is 4.94. The van der Waals surface area contributed by atoms with Crippen molar-refractivity contribution in [1.82, 2.24) is 10.3 Å². The summed E-state index contributed by atoms with van der Waals surface area (Å²) >= 11 is 0. The highest BCUT2D eigenvalue weighted by molar-refractivity contribution is 5.20. The average Bonchev–Trinajstić information content (AvgIpc) is 2.84. The van der Waals surface area contributed by atoms with Gasteiger partial charge in [0.15, 0.2) is 0 Å². The number of hydrogen-bond acceptors (Lipinski definition) is 2. The molecule has 1 fully saturated rings. The zero-order valence-electron chi connectivity index (χ0n) is 8.20. The van der Waals surface area contributed by atoms with E-state index in [1.54, 1.807) is 0 Å². The van der Waals surface area contributed by atoms with Gasteiger partial charge in [0.1, 0.15) is 0 Å². The van der Waals surface area contributed by atoms with Crippen molar-refractivity contribution >= 4 is 0 Å². The summed E-state index contributed by atoms with van der Waals surface area (Å²) in [7, 11) is 0. The molecule has 1 aromatic rings. The number of aromatic nitrogens is 1. The summed E-state index contributed by atoms with van der Waals surface area (Å²) in [5, 5.41) is 3.53. The molecule has 1 saturated carbocycles. The Bertz CT molecular complexity index is 269. The molecule has 2 heteroatoms. The molecule has 1 aliphatic carbocycles. The zero-order valence-corrected chi connectivity index (χ0v) is 8.20. The molecule has 0 bridgehead atoms. The summed E-state index contributed by atoms with van der Waals surface area (Å²) in [6.45, 7) is 4.38. The Kier molecular flexibility index (Phi) is 2.32. The molecule has 1 unspecified atom stereocenters. The van der Waals surface area contributed by atoms with E-state index in [0.29, 0.717) is 18.0 Å². The van der Waals surface area contributed by atoms with E-state index in [1.165, 1.54) is 12.1 Å². The van der Waals surface area contributed by atoms with Crippen molar-refractivity contribution in [1.29, 1.82) is 0 Å². The lowest BCUT2D eigenvalue weighted by atomic mass is 10.2. The van der Waals surface area contributed by atoms with E-state index in [2.05, 4.69) is 36.3 Å². The molecule has 0 radical (unpaired) electrons. The normalized spacial score (nSPS) is 26.4. The van der Waals surface area contributed by atoms with Gasteiger partial charge in [0.25, 0.3) is 0 Å². The molecule has 0 aliphatic heterocycles. The second-order valence-corrected chi connectivity index (χ2v) is 4.02. The van der Waals surface area contributed by atoms with Gasteiger partial charge in [-0.05, 0) is 18.6 Å². The first-order valence-electron chi connectivity index (χ1n) is 4.94. The largest absolute Gasteiger partial charge is 0.311 e. The van der Waals surface area contributed by atoms with Crippen LogP contribution in [0.5, 0.6) is 0 Å². The Morgan fingerprint density at radius 1 is 1.46 bits per heavy atom. The van der Waals surface area contributed by atoms with Crippen LogP contribution in [0.2, 0.25) is 0 Å². The van der Waals surface area contributed by atoms with Gasteiger partial charge in [0.05, 0.1) is 0 Å². The fourth-order valence-corrected chi connectivity index (χ4v) is 1.73. The Morgan fingerprint density at radius 2 is 2.31 bits per heavy atom. The summed E-state index contributed by atoms with van der Waals surface area (Å²) in [5.41, 5.74) is 1.24. The predicted molar refractivity (Wildman–Crippen MR) is 53.7 cm³/mol. The lowest BCUT2D eigenvalue weighted by molar-refractivity contribution is 0.575. The summed E-state index contributed by atoms with van der Waals surface area (Å²) in [6.07, 6.45) is 3.12. The van der Waals surface area contributed by atoms with Crippen LogP contribution in [0.3, 0.4) is 0 Å². The number of nitrogens with zero attached hydrogens (tertiary/aromatic N) is 1. The van der Waals surface area contributed by atoms with Crippen LogP contribution in [0.25, 0.3) is 0 Å². The van der Waals surface area contributed by atoms with Gasteiger partial charge in [-0.25, -0.2) is 0 Å². The maximum atomic E-state index is 4.36. The van der Waals surface area contributed by atoms with Crippen molar-refractivity contribution in [3.05, 3.63) is 30.1 Å². The molecule has 13 heavy (non-hydrogen) atoms. The van der Waals surface area contributed by atoms with Gasteiger partial charge in [-0.1, -0.05) is 19.9 Å². The Morgan fingerprint density at radius 3 is 2.92 bits per heavy atom. The fourth-order valence-electron chi connectivity index (χ4n) is 1.73. The Labute approximate surface area is 79.4 Å². The summed E-state index contributed by atoms with van der Waals surface area (Å²) in [4.78, 5) is 4.36. The third-order valence-electron chi connectivity index (χ3n) is 2.41. The summed E-state index contributed by atoms with van der Waals surface area (Å²) in [6, 6.07) is 7.39. The molecule has 0 saturated heterocycles. The van der Waals surface area contributed by atoms with Crippen LogP contribution in [0.15, 0.2) is 24.4 Å². The molecular weight excluding hydrogens is 160 g/mol. The molecule has 0 amide bonds. The highest BCUT2D eigenvalue weighted by Crippen LogP contribution is 2.39. The minimum absolute atomic E-state index is 0.582. The van der Waals surface area contributed by atoms with Crippen molar-refractivity contribution in [2.75, 3.05) is 0 Å². The molecule has 2 rings (SSSR count). The van der Waals surface area contributed by atoms with Gasteiger partial charge in [0.2, 0.25) is 0 Å². The first kappa shape index (κ1) is 8.70. The number of rotatable bonds is 3. The topological polar surface area (TPSA) is 24.9 Å². The second kappa shape index (κ2) is 3.46. The average molecular weight is 176 g/mol. The maximum absolute atomic E-state index is 4.36. The monoisotopic (exact) mass is 176 g/mol. The molecule has 70 valence electrons. The van der Waals surface area contributed by atoms with Crippen LogP contribution in [-0.4, -0.2) is 17.1 Å². The van der Waals surface area contributed by atoms with E-state index in [1.807, 2.05) is 12.3 Å². The second-order valence-electron chi connectivity index (χ2n) is 4.02. The van der Waals surface area contributed by atoms with Gasteiger partial charge in [-0.3, -0.25) is 4.98 Å². The van der Waals surface area contributed by atoms with Crippen molar-refractivity contribution in [3.63, 3.8) is 0 Å². The minimum atomic E-state index is 0.582. The standard InChI is InChI=1S/C11H16N2/c1-8(2)13-11-7-9(11)10-5-3-4-6-12-10/h3-6,8-9,11,13H,7H2,1-2H3/t9-,11?/m0/s1. The number of pyridine rings is 1. The Hall–Kier alpha value is -0.890. The van der Waals surface area contributed by atoms with Crippen LogP contribution >= 0.6 is 0 Å². The SMILES string of the molecule is CC(C)NC1C[C@H]1c1ccccn1. The fraction of sp³-hybridized carbons (Fsp3) is 0.545. The molecule has 1 aromatic heterocycles. The number of nitrogens with one attached hydrogen (secondary N) is 1. The van der Waals surface area contributed by atoms with Crippen LogP contribution in [-0.2, 0) is 0 Å². The van der Waals surface area contributed by atoms with E-state index < -0.39 is 0 Å². The summed E-state index contributed by atoms with van der Waals surface area (Å²) < 4.78 is 0. The molecule has 2 atom stereocenters. The zero-order chi connectivity index (χ0) is 9.26. The molecule has 0 aromatic carbocycles. The predicted octanol–water partition coefficient (Wildman–Crippen LogP) is 1.94. The molecule has 2 nitrogen and oxygen atoms in total. The van der Waals surface area contributed by atoms with Crippen molar-refractivity contribution in [2.24, 2.45) is 0 Å². The van der Waals surface area contributed by atoms with Crippen molar-refractivity contribution in [2.45, 2.75) is 38.3 Å². The third kappa shape index (κ3) is 2.07. The van der Waals surface area contributed by atoms with Crippen molar-refractivity contribution in [3.8, 4) is 0 Å². The van der Waals surface area contributed by atoms with Gasteiger partial charge >= 0.3 is 0 Å². The molecule has 1 heterocycles. The van der Waals surface area contributed by atoms with Crippen LogP contribution in [0.1, 0.15) is 31.9 Å². The van der Waals surface area contributed by atoms with Crippen molar-refractivity contribution < 1.29 is 0 Å². The molecule has 0 spiro atoms. The van der Waals surface area contributed by atoms with Crippen LogP contribution in [0.4, 0.5) is 0 Å². The Balaban J connectivity index is 1.93. The number of hydrogen-bond donors (Lipinski definition) is 1. The van der Waals surface area contributed by atoms with Crippen LogP contribution < -0.4 is 5.32 Å². The molecular formula is C11H16N2. The minimum Gasteiger partial charge on any atom is -0.311 e. The van der Waals surface area contributed by atoms with E-state index in [-0.39, 0.29) is 0 Å². The highest BCUT2D eigenvalue weighted by Gasteiger charge is 2.39. The first-order chi connectivity index (χ1) is 6.27. The smallest absolute Gasteiger partial charge is 0.0450 e. The lowest BCUT2D eigenvalue weighted by Crippen LogP contribution is -2.25. The van der Waals surface area contributed by atoms with Gasteiger partial charge in [-0.2, -0.15) is 0 Å². The van der Waals surface area contributed by atoms with Gasteiger partial charge < -0.3 is 5.32 Å². The summed E-state index contributed by atoms with van der Waals surface area (Å²) in [5.74, 6) is 0.656. The van der Waals surface area contributed by atoms with E-state index in [0.717, 1.165) is 0 Å².